The standard InChI is InChI=1S/C26H27N3O2/c1-17-15-21(18(2)26(31)27-29-14-12-20-8-4-6-10-23(20)29)25(30)16-24(17)28-13-11-19-7-3-5-9-22(19)28/h3-10,15-16,18,30H,11-14H2,1-2H3,(H,27,31). The molecule has 2 heterocycles. The summed E-state index contributed by atoms with van der Waals surface area (Å²) in [6, 6.07) is 20.3. The number of hydrogen-bond acceptors (Lipinski definition) is 4. The number of phenolic OH excluding ortho intramolecular Hbond substituents is 1. The summed E-state index contributed by atoms with van der Waals surface area (Å²) < 4.78 is 0. The van der Waals surface area contributed by atoms with E-state index in [0.29, 0.717) is 5.56 Å². The average Bonchev–Trinajstić information content (AvgIpc) is 3.39. The van der Waals surface area contributed by atoms with Gasteiger partial charge in [-0.15, -0.1) is 0 Å². The Balaban J connectivity index is 1.37. The molecule has 2 N–H and O–H groups in total. The van der Waals surface area contributed by atoms with Crippen molar-refractivity contribution in [1.82, 2.24) is 5.43 Å². The van der Waals surface area contributed by atoms with Gasteiger partial charge >= 0.3 is 0 Å². The van der Waals surface area contributed by atoms with Gasteiger partial charge in [0.15, 0.2) is 0 Å². The molecular formula is C26H27N3O2. The molecule has 2 aliphatic rings. The summed E-state index contributed by atoms with van der Waals surface area (Å²) in [6.07, 6.45) is 1.91. The van der Waals surface area contributed by atoms with Crippen LogP contribution in [0.3, 0.4) is 0 Å². The van der Waals surface area contributed by atoms with Crippen LogP contribution < -0.4 is 15.3 Å². The number of aromatic hydroxyl groups is 1. The fourth-order valence-corrected chi connectivity index (χ4v) is 4.76. The number of nitrogens with zero attached hydrogens (tertiary/aromatic N) is 2. The first kappa shape index (κ1) is 19.5. The van der Waals surface area contributed by atoms with Crippen LogP contribution in [0.1, 0.15) is 35.1 Å². The highest BCUT2D eigenvalue weighted by Gasteiger charge is 2.27. The lowest BCUT2D eigenvalue weighted by molar-refractivity contribution is -0.122. The van der Waals surface area contributed by atoms with Crippen molar-refractivity contribution >= 4 is 23.0 Å². The Hall–Kier alpha value is -3.47. The minimum absolute atomic E-state index is 0.120. The number of fused-ring (bicyclic) bond motifs is 2. The second-order valence-corrected chi connectivity index (χ2v) is 8.46. The van der Waals surface area contributed by atoms with Crippen molar-refractivity contribution in [1.29, 1.82) is 0 Å². The fourth-order valence-electron chi connectivity index (χ4n) is 4.76. The number of rotatable bonds is 4. The van der Waals surface area contributed by atoms with Gasteiger partial charge in [0.25, 0.3) is 0 Å². The third-order valence-corrected chi connectivity index (χ3v) is 6.52. The molecule has 0 saturated heterocycles. The molecule has 0 aliphatic carbocycles. The Morgan fingerprint density at radius 2 is 1.58 bits per heavy atom. The number of carbonyl (C=O) groups is 1. The maximum Gasteiger partial charge on any atom is 0.245 e. The van der Waals surface area contributed by atoms with Gasteiger partial charge in [0.05, 0.1) is 11.6 Å². The van der Waals surface area contributed by atoms with Gasteiger partial charge in [-0.1, -0.05) is 36.4 Å². The second kappa shape index (κ2) is 7.65. The zero-order valence-corrected chi connectivity index (χ0v) is 17.9. The minimum atomic E-state index is -0.466. The predicted molar refractivity (Wildman–Crippen MR) is 124 cm³/mol. The van der Waals surface area contributed by atoms with Crippen molar-refractivity contribution in [3.63, 3.8) is 0 Å². The molecule has 0 aromatic heterocycles. The third kappa shape index (κ3) is 3.40. The summed E-state index contributed by atoms with van der Waals surface area (Å²) in [6.45, 7) is 5.54. The Kier molecular flexibility index (Phi) is 4.81. The lowest BCUT2D eigenvalue weighted by Gasteiger charge is -2.25. The zero-order valence-electron chi connectivity index (χ0n) is 17.9. The van der Waals surface area contributed by atoms with E-state index in [-0.39, 0.29) is 11.7 Å². The minimum Gasteiger partial charge on any atom is -0.508 e. The Labute approximate surface area is 182 Å². The van der Waals surface area contributed by atoms with Gasteiger partial charge in [-0.25, -0.2) is 0 Å². The normalized spacial score (nSPS) is 15.5. The number of carbonyl (C=O) groups excluding carboxylic acids is 1. The van der Waals surface area contributed by atoms with Gasteiger partial charge in [-0.3, -0.25) is 15.2 Å². The average molecular weight is 414 g/mol. The van der Waals surface area contributed by atoms with E-state index in [1.807, 2.05) is 55.3 Å². The van der Waals surface area contributed by atoms with Crippen molar-refractivity contribution in [2.75, 3.05) is 23.0 Å². The van der Waals surface area contributed by atoms with E-state index in [1.165, 1.54) is 16.8 Å². The molecule has 0 spiro atoms. The molecule has 0 radical (unpaired) electrons. The molecule has 3 aromatic carbocycles. The highest BCUT2D eigenvalue weighted by atomic mass is 16.3. The van der Waals surface area contributed by atoms with Crippen LogP contribution in [0, 0.1) is 6.92 Å². The first-order valence-corrected chi connectivity index (χ1v) is 10.9. The topological polar surface area (TPSA) is 55.8 Å². The number of phenols is 1. The molecule has 0 saturated carbocycles. The summed E-state index contributed by atoms with van der Waals surface area (Å²) >= 11 is 0. The maximum atomic E-state index is 13.0. The van der Waals surface area contributed by atoms with Gasteiger partial charge in [0, 0.05) is 36.1 Å². The van der Waals surface area contributed by atoms with E-state index in [2.05, 4.69) is 34.6 Å². The number of nitrogens with one attached hydrogen (secondary N) is 1. The fraction of sp³-hybridized carbons (Fsp3) is 0.269. The zero-order chi connectivity index (χ0) is 21.5. The molecule has 5 heteroatoms. The van der Waals surface area contributed by atoms with Gasteiger partial charge in [0.2, 0.25) is 5.91 Å². The molecule has 1 unspecified atom stereocenters. The van der Waals surface area contributed by atoms with Crippen molar-refractivity contribution in [3.8, 4) is 5.75 Å². The van der Waals surface area contributed by atoms with Crippen molar-refractivity contribution in [2.24, 2.45) is 0 Å². The molecule has 0 fully saturated rings. The number of amides is 1. The van der Waals surface area contributed by atoms with Gasteiger partial charge in [-0.05, 0) is 61.6 Å². The van der Waals surface area contributed by atoms with Crippen molar-refractivity contribution in [2.45, 2.75) is 32.6 Å². The van der Waals surface area contributed by atoms with Gasteiger partial charge in [-0.2, -0.15) is 0 Å². The second-order valence-electron chi connectivity index (χ2n) is 8.46. The summed E-state index contributed by atoms with van der Waals surface area (Å²) in [4.78, 5) is 15.3. The van der Waals surface area contributed by atoms with Crippen LogP contribution in [0.25, 0.3) is 0 Å². The summed E-state index contributed by atoms with van der Waals surface area (Å²) in [7, 11) is 0. The molecule has 0 bridgehead atoms. The Bertz CT molecular complexity index is 1160. The summed E-state index contributed by atoms with van der Waals surface area (Å²) in [5.41, 5.74) is 10.5. The van der Waals surface area contributed by atoms with Crippen LogP contribution in [-0.2, 0) is 17.6 Å². The molecule has 5 nitrogen and oxygen atoms in total. The molecule has 31 heavy (non-hydrogen) atoms. The largest absolute Gasteiger partial charge is 0.508 e. The first-order chi connectivity index (χ1) is 15.0. The number of para-hydroxylation sites is 2. The first-order valence-electron chi connectivity index (χ1n) is 10.9. The Morgan fingerprint density at radius 1 is 0.935 bits per heavy atom. The highest BCUT2D eigenvalue weighted by Crippen LogP contribution is 2.40. The lowest BCUT2D eigenvalue weighted by atomic mass is 9.96. The van der Waals surface area contributed by atoms with Crippen molar-refractivity contribution in [3.05, 3.63) is 82.9 Å². The van der Waals surface area contributed by atoms with Crippen LogP contribution in [-0.4, -0.2) is 24.1 Å². The number of hydrogen-bond donors (Lipinski definition) is 2. The van der Waals surface area contributed by atoms with Crippen LogP contribution >= 0.6 is 0 Å². The molecule has 1 amide bonds. The lowest BCUT2D eigenvalue weighted by Crippen LogP contribution is -2.43. The Morgan fingerprint density at radius 3 is 2.35 bits per heavy atom. The van der Waals surface area contributed by atoms with E-state index in [9.17, 15) is 9.90 Å². The number of benzene rings is 3. The summed E-state index contributed by atoms with van der Waals surface area (Å²) in [5, 5.41) is 12.8. The van der Waals surface area contributed by atoms with Crippen LogP contribution in [0.2, 0.25) is 0 Å². The molecule has 3 aromatic rings. The number of anilines is 3. The number of hydrazine groups is 1. The molecule has 1 atom stereocenters. The van der Waals surface area contributed by atoms with Crippen LogP contribution in [0.15, 0.2) is 60.7 Å². The van der Waals surface area contributed by atoms with E-state index >= 15 is 0 Å². The van der Waals surface area contributed by atoms with Crippen LogP contribution in [0.4, 0.5) is 17.1 Å². The maximum absolute atomic E-state index is 13.0. The van der Waals surface area contributed by atoms with E-state index < -0.39 is 5.92 Å². The van der Waals surface area contributed by atoms with E-state index in [1.54, 1.807) is 0 Å². The molecule has 2 aliphatic heterocycles. The van der Waals surface area contributed by atoms with Gasteiger partial charge in [0.1, 0.15) is 5.75 Å². The smallest absolute Gasteiger partial charge is 0.245 e. The molecule has 5 rings (SSSR count). The third-order valence-electron chi connectivity index (χ3n) is 6.52. The van der Waals surface area contributed by atoms with Crippen molar-refractivity contribution < 1.29 is 9.90 Å². The molecule has 158 valence electrons. The molecular weight excluding hydrogens is 386 g/mol. The monoisotopic (exact) mass is 413 g/mol. The predicted octanol–water partition coefficient (Wildman–Crippen LogP) is 4.59. The van der Waals surface area contributed by atoms with Gasteiger partial charge < -0.3 is 10.0 Å². The van der Waals surface area contributed by atoms with Crippen LogP contribution in [0.5, 0.6) is 5.75 Å². The number of aryl methyl sites for hydroxylation is 1. The highest BCUT2D eigenvalue weighted by molar-refractivity contribution is 5.86. The van der Waals surface area contributed by atoms with E-state index in [4.69, 9.17) is 0 Å². The van der Waals surface area contributed by atoms with E-state index in [0.717, 1.165) is 42.9 Å². The SMILES string of the molecule is Cc1cc(C(C)C(=O)NN2CCc3ccccc32)c(O)cc1N1CCc2ccccc21. The summed E-state index contributed by atoms with van der Waals surface area (Å²) in [5.74, 6) is -0.425. The quantitative estimate of drug-likeness (QED) is 0.657.